The van der Waals surface area contributed by atoms with Crippen LogP contribution in [-0.4, -0.2) is 54.2 Å². The molecule has 1 aromatic heterocycles. The molecule has 0 unspecified atom stereocenters. The van der Waals surface area contributed by atoms with Crippen LogP contribution in [0.2, 0.25) is 0 Å². The third kappa shape index (κ3) is 5.65. The number of carbonyl (C=O) groups excluding carboxylic acids is 1. The minimum Gasteiger partial charge on any atom is -0.488 e. The Bertz CT molecular complexity index is 1520. The third-order valence-corrected chi connectivity index (χ3v) is 7.83. The van der Waals surface area contributed by atoms with E-state index in [1.807, 2.05) is 0 Å². The van der Waals surface area contributed by atoms with Crippen LogP contribution in [0.25, 0.3) is 10.1 Å². The zero-order valence-corrected chi connectivity index (χ0v) is 22.3. The number of hydrogen-bond donors (Lipinski definition) is 1. The van der Waals surface area contributed by atoms with Crippen molar-refractivity contribution in [3.8, 4) is 17.2 Å². The smallest absolute Gasteiger partial charge is 0.335 e. The number of nitrogens with zero attached hydrogens (tertiary/aromatic N) is 1. The first-order valence-electron chi connectivity index (χ1n) is 12.6. The summed E-state index contributed by atoms with van der Waals surface area (Å²) < 4.78 is 39.1. The van der Waals surface area contributed by atoms with Gasteiger partial charge in [0.05, 0.1) is 12.2 Å². The number of aromatic carboxylic acids is 1. The fraction of sp³-hybridized carbons (Fsp3) is 0.267. The molecule has 2 heterocycles. The molecule has 0 aliphatic carbocycles. The van der Waals surface area contributed by atoms with Crippen LogP contribution < -0.4 is 9.47 Å². The highest BCUT2D eigenvalue weighted by Crippen LogP contribution is 2.42. The fourth-order valence-corrected chi connectivity index (χ4v) is 5.91. The molecule has 1 aliphatic heterocycles. The van der Waals surface area contributed by atoms with Gasteiger partial charge in [0.1, 0.15) is 28.3 Å². The van der Waals surface area contributed by atoms with Crippen LogP contribution >= 0.6 is 11.3 Å². The van der Waals surface area contributed by atoms with Crippen molar-refractivity contribution in [1.29, 1.82) is 0 Å². The van der Waals surface area contributed by atoms with Gasteiger partial charge in [-0.15, -0.1) is 11.3 Å². The molecule has 0 spiro atoms. The van der Waals surface area contributed by atoms with Crippen molar-refractivity contribution in [2.45, 2.75) is 26.4 Å². The molecule has 0 bridgehead atoms. The summed E-state index contributed by atoms with van der Waals surface area (Å²) in [6.07, 6.45) is 0.574. The van der Waals surface area contributed by atoms with Gasteiger partial charge in [0.2, 0.25) is 5.78 Å². The van der Waals surface area contributed by atoms with E-state index in [0.29, 0.717) is 55.3 Å². The number of fused-ring (bicyclic) bond motifs is 1. The predicted octanol–water partition coefficient (Wildman–Crippen LogP) is 6.80. The zero-order valence-electron chi connectivity index (χ0n) is 21.5. The fourth-order valence-electron chi connectivity index (χ4n) is 4.80. The van der Waals surface area contributed by atoms with E-state index >= 15 is 0 Å². The zero-order chi connectivity index (χ0) is 27.7. The molecule has 0 atom stereocenters. The number of halogens is 2. The van der Waals surface area contributed by atoms with Gasteiger partial charge in [-0.3, -0.25) is 14.1 Å². The molecule has 5 rings (SSSR count). The Morgan fingerprint density at radius 3 is 2.33 bits per heavy atom. The third-order valence-electron chi connectivity index (χ3n) is 6.70. The van der Waals surface area contributed by atoms with Crippen LogP contribution in [0, 0.1) is 19.7 Å². The van der Waals surface area contributed by atoms with Crippen molar-refractivity contribution >= 4 is 33.2 Å². The normalized spacial score (nSPS) is 13.8. The van der Waals surface area contributed by atoms with Gasteiger partial charge < -0.3 is 14.6 Å². The number of carboxylic acids is 1. The van der Waals surface area contributed by atoms with Crippen molar-refractivity contribution in [3.05, 3.63) is 87.5 Å². The lowest BCUT2D eigenvalue weighted by Gasteiger charge is -2.38. The van der Waals surface area contributed by atoms with Crippen molar-refractivity contribution in [2.24, 2.45) is 0 Å². The number of carbonyl (C=O) groups is 2. The molecule has 1 fully saturated rings. The molecule has 0 radical (unpaired) electrons. The lowest BCUT2D eigenvalue weighted by Crippen LogP contribution is -2.53. The predicted molar refractivity (Wildman–Crippen MR) is 146 cm³/mol. The number of alkyl halides is 1. The lowest BCUT2D eigenvalue weighted by atomic mass is 9.97. The van der Waals surface area contributed by atoms with Gasteiger partial charge in [-0.05, 0) is 86.0 Å². The van der Waals surface area contributed by atoms with Crippen molar-refractivity contribution in [2.75, 3.05) is 26.3 Å². The summed E-state index contributed by atoms with van der Waals surface area (Å²) >= 11 is 1.14. The molecule has 4 aromatic rings. The number of thiophene rings is 1. The Morgan fingerprint density at radius 1 is 1.03 bits per heavy atom. The Kier molecular flexibility index (Phi) is 7.63. The molecule has 3 aromatic carbocycles. The van der Waals surface area contributed by atoms with Gasteiger partial charge in [0.15, 0.2) is 5.75 Å². The van der Waals surface area contributed by atoms with Gasteiger partial charge in [-0.2, -0.15) is 0 Å². The molecule has 39 heavy (non-hydrogen) atoms. The number of likely N-dealkylation sites (tertiary alicyclic amines) is 1. The molecule has 0 amide bonds. The van der Waals surface area contributed by atoms with Crippen LogP contribution in [0.1, 0.15) is 43.1 Å². The highest BCUT2D eigenvalue weighted by molar-refractivity contribution is 7.21. The topological polar surface area (TPSA) is 76.1 Å². The number of benzene rings is 3. The number of hydrogen-bond acceptors (Lipinski definition) is 6. The van der Waals surface area contributed by atoms with Crippen LogP contribution in [0.15, 0.2) is 54.6 Å². The SMILES string of the molecule is Cc1cc(F)cc(C)c1C(=O)c1sc2cc(C(=O)O)ccc2c1Oc1ccc(OC2CN(CCCF)C2)cc1. The van der Waals surface area contributed by atoms with E-state index in [1.165, 1.54) is 24.3 Å². The molecule has 0 saturated carbocycles. The number of ether oxygens (including phenoxy) is 2. The van der Waals surface area contributed by atoms with E-state index in [9.17, 15) is 23.5 Å². The minimum absolute atomic E-state index is 0.0482. The maximum Gasteiger partial charge on any atom is 0.335 e. The molecule has 1 saturated heterocycles. The van der Waals surface area contributed by atoms with Gasteiger partial charge in [0, 0.05) is 35.3 Å². The Hall–Kier alpha value is -3.82. The molecular formula is C30H27F2NO5S. The highest BCUT2D eigenvalue weighted by atomic mass is 32.1. The van der Waals surface area contributed by atoms with E-state index in [0.717, 1.165) is 31.0 Å². The molecule has 1 N–H and O–H groups in total. The Morgan fingerprint density at radius 2 is 1.69 bits per heavy atom. The summed E-state index contributed by atoms with van der Waals surface area (Å²) in [5, 5.41) is 10.1. The van der Waals surface area contributed by atoms with Crippen LogP contribution in [-0.2, 0) is 0 Å². The quantitative estimate of drug-likeness (QED) is 0.219. The number of rotatable bonds is 10. The van der Waals surface area contributed by atoms with E-state index in [1.54, 1.807) is 44.2 Å². The first kappa shape index (κ1) is 26.8. The first-order chi connectivity index (χ1) is 18.7. The van der Waals surface area contributed by atoms with Crippen LogP contribution in [0.3, 0.4) is 0 Å². The monoisotopic (exact) mass is 551 g/mol. The van der Waals surface area contributed by atoms with Gasteiger partial charge in [0.25, 0.3) is 0 Å². The summed E-state index contributed by atoms with van der Waals surface area (Å²) in [5.74, 6) is -0.344. The second kappa shape index (κ2) is 11.1. The molecule has 9 heteroatoms. The van der Waals surface area contributed by atoms with Gasteiger partial charge >= 0.3 is 5.97 Å². The number of aryl methyl sites for hydroxylation is 2. The standard InChI is InChI=1S/C30H27F2NO5S/c1-17-12-20(32)13-18(2)26(17)27(34)29-28(24-9-4-19(30(35)36)14-25(24)39-29)38-22-7-5-21(6-8-22)37-23-15-33(16-23)11-3-10-31/h4-9,12-14,23H,3,10-11,15-16H2,1-2H3,(H,35,36). The summed E-state index contributed by atoms with van der Waals surface area (Å²) in [6, 6.07) is 14.3. The molecular weight excluding hydrogens is 524 g/mol. The van der Waals surface area contributed by atoms with Crippen LogP contribution in [0.5, 0.6) is 17.2 Å². The maximum atomic E-state index is 13.9. The minimum atomic E-state index is -1.07. The summed E-state index contributed by atoms with van der Waals surface area (Å²) in [5.41, 5.74) is 1.50. The first-order valence-corrected chi connectivity index (χ1v) is 13.4. The van der Waals surface area contributed by atoms with E-state index < -0.39 is 11.8 Å². The van der Waals surface area contributed by atoms with E-state index in [2.05, 4.69) is 4.90 Å². The number of carboxylic acid groups (broad SMARTS) is 1. The summed E-state index contributed by atoms with van der Waals surface area (Å²) in [4.78, 5) is 27.7. The second-order valence-corrected chi connectivity index (χ2v) is 10.7. The molecule has 202 valence electrons. The second-order valence-electron chi connectivity index (χ2n) is 9.64. The van der Waals surface area contributed by atoms with Crippen molar-refractivity contribution in [1.82, 2.24) is 4.90 Å². The lowest BCUT2D eigenvalue weighted by molar-refractivity contribution is 0.0184. The molecule has 1 aliphatic rings. The van der Waals surface area contributed by atoms with Crippen LogP contribution in [0.4, 0.5) is 8.78 Å². The van der Waals surface area contributed by atoms with Crippen molar-refractivity contribution < 1.29 is 33.0 Å². The highest BCUT2D eigenvalue weighted by Gasteiger charge is 2.28. The average Bonchev–Trinajstić information content (AvgIpc) is 3.23. The van der Waals surface area contributed by atoms with E-state index in [-0.39, 0.29) is 24.1 Å². The van der Waals surface area contributed by atoms with Crippen molar-refractivity contribution in [3.63, 3.8) is 0 Å². The average molecular weight is 552 g/mol. The van der Waals surface area contributed by atoms with Gasteiger partial charge in [-0.1, -0.05) is 0 Å². The summed E-state index contributed by atoms with van der Waals surface area (Å²) in [7, 11) is 0. The number of ketones is 1. The van der Waals surface area contributed by atoms with E-state index in [4.69, 9.17) is 9.47 Å². The molecule has 6 nitrogen and oxygen atoms in total. The largest absolute Gasteiger partial charge is 0.488 e. The Balaban J connectivity index is 1.43. The Labute approximate surface area is 228 Å². The summed E-state index contributed by atoms with van der Waals surface area (Å²) in [6.45, 7) is 5.28. The van der Waals surface area contributed by atoms with Gasteiger partial charge in [-0.25, -0.2) is 9.18 Å². The maximum absolute atomic E-state index is 13.9.